The molecule has 34 heavy (non-hydrogen) atoms. The smallest absolute Gasteiger partial charge is 0.269 e. The van der Waals surface area contributed by atoms with Gasteiger partial charge < -0.3 is 16.0 Å². The first-order valence-electron chi connectivity index (χ1n) is 9.94. The van der Waals surface area contributed by atoms with Crippen LogP contribution >= 0.6 is 47.0 Å². The number of amides is 1. The minimum Gasteiger partial charge on any atom is -0.339 e. The van der Waals surface area contributed by atoms with Gasteiger partial charge in [-0.3, -0.25) is 14.9 Å². The second-order valence-electron chi connectivity index (χ2n) is 7.14. The van der Waals surface area contributed by atoms with E-state index in [1.54, 1.807) is 0 Å². The van der Waals surface area contributed by atoms with Gasteiger partial charge in [0.1, 0.15) is 6.17 Å². The Balaban J connectivity index is 1.77. The lowest BCUT2D eigenvalue weighted by Gasteiger charge is -2.29. The number of nitrogens with one attached hydrogen (secondary N) is 3. The minimum absolute atomic E-state index is 0.0430. The van der Waals surface area contributed by atoms with Crippen LogP contribution in [0.3, 0.4) is 0 Å². The maximum absolute atomic E-state index is 13.4. The van der Waals surface area contributed by atoms with E-state index in [4.69, 9.17) is 47.0 Å². The maximum atomic E-state index is 13.4. The Bertz CT molecular complexity index is 1100. The quantitative estimate of drug-likeness (QED) is 0.121. The van der Waals surface area contributed by atoms with E-state index in [1.165, 1.54) is 24.3 Å². The Hall–Kier alpha value is -2.91. The van der Waals surface area contributed by atoms with Gasteiger partial charge in [-0.2, -0.15) is 0 Å². The molecule has 1 amide bonds. The second-order valence-corrected chi connectivity index (χ2v) is 9.92. The van der Waals surface area contributed by atoms with Crippen molar-refractivity contribution in [1.29, 1.82) is 0 Å². The van der Waals surface area contributed by atoms with Crippen LogP contribution in [0.5, 0.6) is 0 Å². The summed E-state index contributed by atoms with van der Waals surface area (Å²) < 4.78 is -1.95. The van der Waals surface area contributed by atoms with E-state index in [2.05, 4.69) is 16.0 Å². The predicted molar refractivity (Wildman–Crippen MR) is 139 cm³/mol. The van der Waals surface area contributed by atoms with Crippen molar-refractivity contribution in [3.8, 4) is 0 Å². The van der Waals surface area contributed by atoms with Crippen molar-refractivity contribution >= 4 is 69.4 Å². The molecule has 0 saturated heterocycles. The molecule has 176 valence electrons. The number of nitro groups is 1. The molecule has 0 radical (unpaired) electrons. The number of thiocarbonyl (C=S) groups is 1. The summed E-state index contributed by atoms with van der Waals surface area (Å²) in [6.45, 7) is 0. The van der Waals surface area contributed by atoms with Gasteiger partial charge in [-0.1, -0.05) is 95.5 Å². The number of halogens is 3. The Kier molecular flexibility index (Phi) is 8.68. The number of carbonyl (C=O) groups excluding carboxylic acids is 1. The Morgan fingerprint density at radius 2 is 1.35 bits per heavy atom. The average molecular weight is 538 g/mol. The lowest BCUT2D eigenvalue weighted by atomic mass is 9.90. The van der Waals surface area contributed by atoms with Crippen molar-refractivity contribution in [3.05, 3.63) is 106 Å². The van der Waals surface area contributed by atoms with Crippen molar-refractivity contribution in [1.82, 2.24) is 10.6 Å². The van der Waals surface area contributed by atoms with Crippen LogP contribution < -0.4 is 16.0 Å². The summed E-state index contributed by atoms with van der Waals surface area (Å²) in [5.41, 5.74) is 1.94. The van der Waals surface area contributed by atoms with E-state index in [-0.39, 0.29) is 10.8 Å². The van der Waals surface area contributed by atoms with Crippen molar-refractivity contribution in [2.45, 2.75) is 15.9 Å². The highest BCUT2D eigenvalue weighted by Gasteiger charge is 2.36. The van der Waals surface area contributed by atoms with Crippen LogP contribution in [0.2, 0.25) is 0 Å². The van der Waals surface area contributed by atoms with Gasteiger partial charge in [0.05, 0.1) is 10.8 Å². The SMILES string of the molecule is O=C(NC(NC(=S)Nc1ccc([N+](=O)[O-])cc1)C(Cl)(Cl)Cl)C(c1ccccc1)c1ccccc1. The van der Waals surface area contributed by atoms with Gasteiger partial charge in [-0.05, 0) is 35.5 Å². The molecule has 0 spiro atoms. The lowest BCUT2D eigenvalue weighted by Crippen LogP contribution is -2.57. The third kappa shape index (κ3) is 7.04. The fourth-order valence-electron chi connectivity index (χ4n) is 3.18. The molecular weight excluding hydrogens is 519 g/mol. The normalized spacial score (nSPS) is 12.0. The van der Waals surface area contributed by atoms with E-state index < -0.39 is 26.7 Å². The van der Waals surface area contributed by atoms with Gasteiger partial charge in [-0.15, -0.1) is 0 Å². The number of non-ortho nitro benzene ring substituents is 1. The summed E-state index contributed by atoms with van der Waals surface area (Å²) in [6, 6.07) is 24.1. The van der Waals surface area contributed by atoms with E-state index in [9.17, 15) is 14.9 Å². The number of nitrogens with zero attached hydrogens (tertiary/aromatic N) is 1. The van der Waals surface area contributed by atoms with Gasteiger partial charge >= 0.3 is 0 Å². The van der Waals surface area contributed by atoms with Crippen LogP contribution in [0.4, 0.5) is 11.4 Å². The number of nitro benzene ring substituents is 1. The topological polar surface area (TPSA) is 96.3 Å². The third-order valence-electron chi connectivity index (χ3n) is 4.75. The van der Waals surface area contributed by atoms with Crippen LogP contribution in [0.15, 0.2) is 84.9 Å². The summed E-state index contributed by atoms with van der Waals surface area (Å²) in [4.78, 5) is 23.7. The molecule has 0 aliphatic rings. The van der Waals surface area contributed by atoms with Crippen molar-refractivity contribution in [3.63, 3.8) is 0 Å². The van der Waals surface area contributed by atoms with E-state index in [0.29, 0.717) is 5.69 Å². The maximum Gasteiger partial charge on any atom is 0.269 e. The largest absolute Gasteiger partial charge is 0.339 e. The summed E-state index contributed by atoms with van der Waals surface area (Å²) in [5, 5.41) is 19.2. The van der Waals surface area contributed by atoms with E-state index in [0.717, 1.165) is 11.1 Å². The summed E-state index contributed by atoms with van der Waals surface area (Å²) >= 11 is 23.7. The Morgan fingerprint density at radius 1 is 0.853 bits per heavy atom. The van der Waals surface area contributed by atoms with Gasteiger partial charge in [0.2, 0.25) is 9.70 Å². The van der Waals surface area contributed by atoms with Gasteiger partial charge in [0.15, 0.2) is 5.11 Å². The first kappa shape index (κ1) is 25.7. The first-order chi connectivity index (χ1) is 16.1. The average Bonchev–Trinajstić information content (AvgIpc) is 2.80. The monoisotopic (exact) mass is 536 g/mol. The number of alkyl halides is 3. The molecule has 0 fully saturated rings. The summed E-state index contributed by atoms with van der Waals surface area (Å²) in [6.07, 6.45) is -1.18. The number of anilines is 1. The van der Waals surface area contributed by atoms with Gasteiger partial charge in [-0.25, -0.2) is 0 Å². The van der Waals surface area contributed by atoms with Crippen LogP contribution in [0.1, 0.15) is 17.0 Å². The fraction of sp³-hybridized carbons (Fsp3) is 0.130. The molecule has 0 aliphatic carbocycles. The molecule has 1 unspecified atom stereocenters. The number of carbonyl (C=O) groups is 1. The highest BCUT2D eigenvalue weighted by atomic mass is 35.6. The third-order valence-corrected chi connectivity index (χ3v) is 5.63. The zero-order valence-electron chi connectivity index (χ0n) is 17.5. The molecule has 3 aromatic carbocycles. The van der Waals surface area contributed by atoms with Crippen molar-refractivity contribution in [2.24, 2.45) is 0 Å². The Morgan fingerprint density at radius 3 is 1.79 bits per heavy atom. The minimum atomic E-state index is -1.95. The van der Waals surface area contributed by atoms with Crippen LogP contribution in [0, 0.1) is 10.1 Å². The van der Waals surface area contributed by atoms with Crippen LogP contribution in [-0.2, 0) is 4.79 Å². The van der Waals surface area contributed by atoms with Gasteiger partial charge in [0, 0.05) is 17.8 Å². The lowest BCUT2D eigenvalue weighted by molar-refractivity contribution is -0.384. The molecule has 7 nitrogen and oxygen atoms in total. The van der Waals surface area contributed by atoms with Crippen molar-refractivity contribution < 1.29 is 9.72 Å². The summed E-state index contributed by atoms with van der Waals surface area (Å²) in [7, 11) is 0. The van der Waals surface area contributed by atoms with E-state index >= 15 is 0 Å². The molecule has 3 rings (SSSR count). The van der Waals surface area contributed by atoms with Crippen molar-refractivity contribution in [2.75, 3.05) is 5.32 Å². The molecule has 0 saturated carbocycles. The summed E-state index contributed by atoms with van der Waals surface area (Å²) in [5.74, 6) is -1.06. The molecule has 0 heterocycles. The predicted octanol–water partition coefficient (Wildman–Crippen LogP) is 5.53. The molecule has 1 atom stereocenters. The second kappa shape index (κ2) is 11.5. The molecule has 0 aliphatic heterocycles. The zero-order chi connectivity index (χ0) is 24.7. The molecule has 0 bridgehead atoms. The Labute approximate surface area is 216 Å². The molecular formula is C23H19Cl3N4O3S. The molecule has 0 aromatic heterocycles. The fourth-order valence-corrected chi connectivity index (χ4v) is 3.74. The number of benzene rings is 3. The van der Waals surface area contributed by atoms with Crippen LogP contribution in [-0.4, -0.2) is 25.9 Å². The molecule has 11 heteroatoms. The standard InChI is InChI=1S/C23H19Cl3N4O3S/c24-23(25,26)21(29-22(34)27-17-11-13-18(14-12-17)30(32)33)28-20(31)19(15-7-3-1-4-8-15)16-9-5-2-6-10-16/h1-14,19,21H,(H,28,31)(H2,27,29,34). The van der Waals surface area contributed by atoms with E-state index in [1.807, 2.05) is 60.7 Å². The van der Waals surface area contributed by atoms with Gasteiger partial charge in [0.25, 0.3) is 5.69 Å². The molecule has 3 N–H and O–H groups in total. The number of hydrogen-bond donors (Lipinski definition) is 3. The number of rotatable bonds is 7. The first-order valence-corrected chi connectivity index (χ1v) is 11.5. The zero-order valence-corrected chi connectivity index (χ0v) is 20.5. The highest BCUT2D eigenvalue weighted by molar-refractivity contribution is 7.80. The van der Waals surface area contributed by atoms with Crippen LogP contribution in [0.25, 0.3) is 0 Å². The highest BCUT2D eigenvalue weighted by Crippen LogP contribution is 2.31. The molecule has 3 aromatic rings. The number of hydrogen-bond acceptors (Lipinski definition) is 4.